The summed E-state index contributed by atoms with van der Waals surface area (Å²) in [6.45, 7) is 2.06. The Kier molecular flexibility index (Phi) is 4.56. The molecule has 19 heavy (non-hydrogen) atoms. The van der Waals surface area contributed by atoms with Gasteiger partial charge in [0.2, 0.25) is 0 Å². The van der Waals surface area contributed by atoms with E-state index in [0.29, 0.717) is 5.02 Å². The van der Waals surface area contributed by atoms with Crippen molar-refractivity contribution < 1.29 is 4.39 Å². The van der Waals surface area contributed by atoms with E-state index in [-0.39, 0.29) is 11.9 Å². The number of hydrogen-bond donors (Lipinski definition) is 1. The van der Waals surface area contributed by atoms with E-state index >= 15 is 0 Å². The van der Waals surface area contributed by atoms with Gasteiger partial charge in [0.15, 0.2) is 0 Å². The second-order valence-electron chi connectivity index (χ2n) is 4.69. The first-order valence-electron chi connectivity index (χ1n) is 6.28. The maximum absolute atomic E-state index is 13.0. The van der Waals surface area contributed by atoms with Gasteiger partial charge >= 0.3 is 0 Å². The minimum atomic E-state index is -0.301. The Labute approximate surface area is 118 Å². The zero-order valence-corrected chi connectivity index (χ0v) is 11.8. The lowest BCUT2D eigenvalue weighted by atomic mass is 9.98. The van der Waals surface area contributed by atoms with E-state index in [4.69, 9.17) is 11.6 Å². The minimum absolute atomic E-state index is 0.170. The molecule has 3 heteroatoms. The molecule has 1 nitrogen and oxygen atoms in total. The van der Waals surface area contributed by atoms with Gasteiger partial charge in [0.1, 0.15) is 5.82 Å². The fourth-order valence-corrected chi connectivity index (χ4v) is 2.34. The molecule has 0 fully saturated rings. The van der Waals surface area contributed by atoms with E-state index < -0.39 is 0 Å². The summed E-state index contributed by atoms with van der Waals surface area (Å²) in [6, 6.07) is 13.1. The first-order chi connectivity index (χ1) is 9.10. The summed E-state index contributed by atoms with van der Waals surface area (Å²) in [6.07, 6.45) is 0.735. The van der Waals surface area contributed by atoms with Gasteiger partial charge in [-0.15, -0.1) is 0 Å². The highest BCUT2D eigenvalue weighted by molar-refractivity contribution is 6.31. The Hall–Kier alpha value is -1.38. The molecular formula is C16H17ClFN. The van der Waals surface area contributed by atoms with Crippen molar-refractivity contribution in [2.24, 2.45) is 0 Å². The lowest BCUT2D eigenvalue weighted by Gasteiger charge is -2.17. The van der Waals surface area contributed by atoms with Crippen LogP contribution in [-0.2, 0) is 6.42 Å². The molecule has 0 aliphatic heterocycles. The summed E-state index contributed by atoms with van der Waals surface area (Å²) in [7, 11) is 1.92. The molecule has 0 aliphatic carbocycles. The molecule has 1 atom stereocenters. The van der Waals surface area contributed by atoms with Crippen LogP contribution in [0.3, 0.4) is 0 Å². The zero-order valence-electron chi connectivity index (χ0n) is 11.1. The normalized spacial score (nSPS) is 12.4. The molecular weight excluding hydrogens is 261 g/mol. The highest BCUT2D eigenvalue weighted by Crippen LogP contribution is 2.24. The van der Waals surface area contributed by atoms with Gasteiger partial charge in [0.05, 0.1) is 0 Å². The maximum Gasteiger partial charge on any atom is 0.124 e. The van der Waals surface area contributed by atoms with Crippen molar-refractivity contribution in [2.45, 2.75) is 19.4 Å². The van der Waals surface area contributed by atoms with Crippen LogP contribution in [0.25, 0.3) is 0 Å². The van der Waals surface area contributed by atoms with E-state index in [9.17, 15) is 4.39 Å². The summed E-state index contributed by atoms with van der Waals surface area (Å²) in [5, 5.41) is 3.75. The van der Waals surface area contributed by atoms with E-state index in [1.54, 1.807) is 6.07 Å². The molecule has 0 amide bonds. The van der Waals surface area contributed by atoms with Gasteiger partial charge in [0, 0.05) is 11.1 Å². The summed E-state index contributed by atoms with van der Waals surface area (Å²) < 4.78 is 13.0. The first-order valence-corrected chi connectivity index (χ1v) is 6.65. The highest BCUT2D eigenvalue weighted by Gasteiger charge is 2.12. The van der Waals surface area contributed by atoms with E-state index in [2.05, 4.69) is 36.5 Å². The topological polar surface area (TPSA) is 12.0 Å². The Balaban J connectivity index is 2.21. The number of hydrogen-bond acceptors (Lipinski definition) is 1. The van der Waals surface area contributed by atoms with Crippen LogP contribution in [0.2, 0.25) is 5.02 Å². The molecule has 2 rings (SSSR count). The zero-order chi connectivity index (χ0) is 13.8. The van der Waals surface area contributed by atoms with Gasteiger partial charge in [-0.2, -0.15) is 0 Å². The summed E-state index contributed by atoms with van der Waals surface area (Å²) in [5.74, 6) is -0.301. The van der Waals surface area contributed by atoms with Crippen LogP contribution in [0.15, 0.2) is 42.5 Å². The molecule has 0 aliphatic rings. The van der Waals surface area contributed by atoms with Crippen molar-refractivity contribution in [3.63, 3.8) is 0 Å². The van der Waals surface area contributed by atoms with Crippen molar-refractivity contribution in [3.05, 3.63) is 70.0 Å². The molecule has 2 aromatic carbocycles. The monoisotopic (exact) mass is 277 g/mol. The number of nitrogens with one attached hydrogen (secondary N) is 1. The van der Waals surface area contributed by atoms with Gasteiger partial charge < -0.3 is 5.32 Å². The van der Waals surface area contributed by atoms with E-state index in [1.165, 1.54) is 23.3 Å². The van der Waals surface area contributed by atoms with Crippen LogP contribution < -0.4 is 5.32 Å². The first kappa shape index (κ1) is 14.0. The number of likely N-dealkylation sites (N-methyl/N-ethyl adjacent to an activating group) is 1. The molecule has 2 aromatic rings. The number of halogens is 2. The predicted octanol–water partition coefficient (Wildman–Crippen LogP) is 4.29. The van der Waals surface area contributed by atoms with Crippen LogP contribution >= 0.6 is 11.6 Å². The van der Waals surface area contributed by atoms with Crippen LogP contribution in [-0.4, -0.2) is 7.05 Å². The Morgan fingerprint density at radius 3 is 2.42 bits per heavy atom. The fourth-order valence-electron chi connectivity index (χ4n) is 2.09. The van der Waals surface area contributed by atoms with Crippen LogP contribution in [0.1, 0.15) is 22.7 Å². The Morgan fingerprint density at radius 2 is 1.84 bits per heavy atom. The summed E-state index contributed by atoms with van der Waals surface area (Å²) >= 11 is 6.08. The predicted molar refractivity (Wildman–Crippen MR) is 78.1 cm³/mol. The third-order valence-electron chi connectivity index (χ3n) is 3.27. The van der Waals surface area contributed by atoms with Gasteiger partial charge in [-0.25, -0.2) is 4.39 Å². The van der Waals surface area contributed by atoms with Crippen molar-refractivity contribution >= 4 is 11.6 Å². The van der Waals surface area contributed by atoms with Gasteiger partial charge in [-0.1, -0.05) is 47.5 Å². The fraction of sp³-hybridized carbons (Fsp3) is 0.250. The van der Waals surface area contributed by atoms with Gasteiger partial charge in [0.25, 0.3) is 0 Å². The van der Waals surface area contributed by atoms with Gasteiger partial charge in [-0.3, -0.25) is 0 Å². The van der Waals surface area contributed by atoms with Crippen LogP contribution in [0.5, 0.6) is 0 Å². The average molecular weight is 278 g/mol. The Morgan fingerprint density at radius 1 is 1.16 bits per heavy atom. The second-order valence-corrected chi connectivity index (χ2v) is 5.10. The van der Waals surface area contributed by atoms with Crippen LogP contribution in [0.4, 0.5) is 4.39 Å². The largest absolute Gasteiger partial charge is 0.313 e. The SMILES string of the molecule is CNC(Cc1ccc(F)cc1Cl)c1ccc(C)cc1. The highest BCUT2D eigenvalue weighted by atomic mass is 35.5. The number of benzene rings is 2. The van der Waals surface area contributed by atoms with Crippen molar-refractivity contribution in [1.82, 2.24) is 5.32 Å². The number of rotatable bonds is 4. The quantitative estimate of drug-likeness (QED) is 0.879. The molecule has 0 saturated heterocycles. The standard InChI is InChI=1S/C16H17ClFN/c1-11-3-5-12(6-4-11)16(19-2)9-13-7-8-14(18)10-15(13)17/h3-8,10,16,19H,9H2,1-2H3. The molecule has 0 saturated carbocycles. The summed E-state index contributed by atoms with van der Waals surface area (Å²) in [4.78, 5) is 0. The molecule has 0 radical (unpaired) electrons. The molecule has 0 spiro atoms. The summed E-state index contributed by atoms with van der Waals surface area (Å²) in [5.41, 5.74) is 3.38. The molecule has 0 aromatic heterocycles. The Bertz CT molecular complexity index is 551. The lowest BCUT2D eigenvalue weighted by Crippen LogP contribution is -2.19. The van der Waals surface area contributed by atoms with E-state index in [0.717, 1.165) is 12.0 Å². The molecule has 100 valence electrons. The van der Waals surface area contributed by atoms with Gasteiger partial charge in [-0.05, 0) is 43.7 Å². The maximum atomic E-state index is 13.0. The molecule has 0 bridgehead atoms. The molecule has 1 N–H and O–H groups in total. The average Bonchev–Trinajstić information content (AvgIpc) is 2.39. The van der Waals surface area contributed by atoms with Crippen molar-refractivity contribution in [2.75, 3.05) is 7.05 Å². The third-order valence-corrected chi connectivity index (χ3v) is 3.62. The lowest BCUT2D eigenvalue weighted by molar-refractivity contribution is 0.589. The van der Waals surface area contributed by atoms with E-state index in [1.807, 2.05) is 7.05 Å². The minimum Gasteiger partial charge on any atom is -0.313 e. The number of aryl methyl sites for hydroxylation is 1. The third kappa shape index (κ3) is 3.55. The van der Waals surface area contributed by atoms with Crippen molar-refractivity contribution in [1.29, 1.82) is 0 Å². The molecule has 1 unspecified atom stereocenters. The molecule has 0 heterocycles. The van der Waals surface area contributed by atoms with Crippen molar-refractivity contribution in [3.8, 4) is 0 Å². The van der Waals surface area contributed by atoms with Crippen LogP contribution in [0, 0.1) is 12.7 Å². The second kappa shape index (κ2) is 6.18. The smallest absolute Gasteiger partial charge is 0.124 e.